The maximum Gasteiger partial charge on any atom is 0.324 e. The van der Waals surface area contributed by atoms with Crippen molar-refractivity contribution in [2.45, 2.75) is 122 Å². The first-order valence-electron chi connectivity index (χ1n) is 13.7. The number of carbonyl (C=O) groups is 4. The second kappa shape index (κ2) is 18.9. The summed E-state index contributed by atoms with van der Waals surface area (Å²) >= 11 is 0. The number of aliphatic carboxylic acids is 3. The van der Waals surface area contributed by atoms with Gasteiger partial charge in [-0.2, -0.15) is 8.42 Å². The number of hydrogen-bond donors (Lipinski definition) is 5. The second-order valence-corrected chi connectivity index (χ2v) is 11.8. The maximum absolute atomic E-state index is 12.1. The zero-order valence-corrected chi connectivity index (χ0v) is 23.6. The lowest BCUT2D eigenvalue weighted by molar-refractivity contribution is -0.168. The van der Waals surface area contributed by atoms with Crippen molar-refractivity contribution in [3.8, 4) is 0 Å². The Hall–Kier alpha value is -2.21. The molecule has 0 aromatic rings. The van der Waals surface area contributed by atoms with E-state index >= 15 is 0 Å². The number of amides is 1. The van der Waals surface area contributed by atoms with Crippen LogP contribution in [0.25, 0.3) is 0 Å². The van der Waals surface area contributed by atoms with Crippen LogP contribution in [0.1, 0.15) is 117 Å². The third-order valence-electron chi connectivity index (χ3n) is 7.16. The first kappa shape index (κ1) is 35.8. The maximum atomic E-state index is 12.1. The second-order valence-electron chi connectivity index (χ2n) is 10.2. The topological polar surface area (TPSA) is 195 Å². The number of carboxylic acids is 3. The fourth-order valence-corrected chi connectivity index (χ4v) is 5.04. The van der Waals surface area contributed by atoms with Gasteiger partial charge in [-0.15, -0.1) is 0 Å². The van der Waals surface area contributed by atoms with Crippen LogP contribution in [0.3, 0.4) is 0 Å². The Morgan fingerprint density at radius 3 is 1.47 bits per heavy atom. The first-order chi connectivity index (χ1) is 17.8. The van der Waals surface area contributed by atoms with Crippen LogP contribution in [0.4, 0.5) is 0 Å². The highest BCUT2D eigenvalue weighted by Gasteiger charge is 2.48. The number of carboxylic acid groups (broad SMARTS) is 3. The molecule has 0 aliphatic heterocycles. The Morgan fingerprint density at radius 2 is 1.13 bits per heavy atom. The van der Waals surface area contributed by atoms with Crippen LogP contribution in [0.5, 0.6) is 0 Å². The van der Waals surface area contributed by atoms with E-state index < -0.39 is 63.5 Å². The lowest BCUT2D eigenvalue weighted by atomic mass is 9.74. The average molecular weight is 566 g/mol. The fraction of sp³-hybridized carbons (Fsp3) is 0.846. The summed E-state index contributed by atoms with van der Waals surface area (Å²) in [6, 6.07) is 0. The molecule has 0 saturated heterocycles. The molecule has 2 atom stereocenters. The van der Waals surface area contributed by atoms with Crippen molar-refractivity contribution >= 4 is 33.9 Å². The Balaban J connectivity index is 4.62. The summed E-state index contributed by atoms with van der Waals surface area (Å²) in [5.41, 5.74) is -2.21. The van der Waals surface area contributed by atoms with Crippen molar-refractivity contribution < 1.29 is 47.5 Å². The number of carbonyl (C=O) groups excluding carboxylic acids is 1. The highest BCUT2D eigenvalue weighted by atomic mass is 32.2. The lowest BCUT2D eigenvalue weighted by Crippen LogP contribution is -2.48. The van der Waals surface area contributed by atoms with E-state index in [9.17, 15) is 37.8 Å². The molecule has 0 aliphatic rings. The van der Waals surface area contributed by atoms with Gasteiger partial charge in [-0.3, -0.25) is 23.7 Å². The highest BCUT2D eigenvalue weighted by Crippen LogP contribution is 2.32. The van der Waals surface area contributed by atoms with Gasteiger partial charge in [0, 0.05) is 12.5 Å². The summed E-state index contributed by atoms with van der Waals surface area (Å²) in [4.78, 5) is 46.8. The molecule has 222 valence electrons. The SMILES string of the molecule is CCCCCCCCCCCCCCCCC(CNC(=O)CC(C(=O)O)S(=O)(=O)O)C(C)(C(=O)O)C(=O)O. The average Bonchev–Trinajstić information content (AvgIpc) is 2.82. The minimum atomic E-state index is -5.04. The summed E-state index contributed by atoms with van der Waals surface area (Å²) in [5, 5.41) is 28.0. The molecule has 0 aromatic heterocycles. The van der Waals surface area contributed by atoms with Crippen LogP contribution >= 0.6 is 0 Å². The van der Waals surface area contributed by atoms with Gasteiger partial charge in [-0.1, -0.05) is 96.8 Å². The predicted octanol–water partition coefficient (Wildman–Crippen LogP) is 4.50. The normalized spacial score (nSPS) is 13.6. The summed E-state index contributed by atoms with van der Waals surface area (Å²) in [7, 11) is -5.04. The van der Waals surface area contributed by atoms with Crippen LogP contribution in [-0.2, 0) is 29.3 Å². The molecular formula is C26H47NO10S. The molecule has 0 rings (SSSR count). The highest BCUT2D eigenvalue weighted by molar-refractivity contribution is 7.87. The minimum absolute atomic E-state index is 0.189. The molecule has 0 aliphatic carbocycles. The molecule has 12 heteroatoms. The molecule has 11 nitrogen and oxygen atoms in total. The number of rotatable bonds is 24. The summed E-state index contributed by atoms with van der Waals surface area (Å²) in [6.07, 6.45) is 14.9. The van der Waals surface area contributed by atoms with E-state index in [4.69, 9.17) is 9.66 Å². The molecule has 0 spiro atoms. The Kier molecular flexibility index (Phi) is 17.8. The smallest absolute Gasteiger partial charge is 0.324 e. The molecule has 0 fully saturated rings. The minimum Gasteiger partial charge on any atom is -0.480 e. The number of hydrogen-bond acceptors (Lipinski definition) is 6. The molecule has 38 heavy (non-hydrogen) atoms. The molecular weight excluding hydrogens is 518 g/mol. The van der Waals surface area contributed by atoms with Gasteiger partial charge in [-0.25, -0.2) is 0 Å². The van der Waals surface area contributed by atoms with Gasteiger partial charge in [0.15, 0.2) is 10.7 Å². The van der Waals surface area contributed by atoms with Crippen LogP contribution in [0, 0.1) is 11.3 Å². The van der Waals surface area contributed by atoms with Gasteiger partial charge >= 0.3 is 17.9 Å². The van der Waals surface area contributed by atoms with Gasteiger partial charge in [0.2, 0.25) is 5.91 Å². The predicted molar refractivity (Wildman–Crippen MR) is 142 cm³/mol. The molecule has 0 saturated carbocycles. The Bertz CT molecular complexity index is 829. The van der Waals surface area contributed by atoms with E-state index in [0.717, 1.165) is 32.6 Å². The molecule has 0 bridgehead atoms. The molecule has 0 aromatic carbocycles. The van der Waals surface area contributed by atoms with Gasteiger partial charge in [-0.05, 0) is 13.3 Å². The van der Waals surface area contributed by atoms with E-state index in [-0.39, 0.29) is 6.42 Å². The quantitative estimate of drug-likeness (QED) is 0.0631. The summed E-state index contributed by atoms with van der Waals surface area (Å²) in [5.74, 6) is -7.14. The summed E-state index contributed by atoms with van der Waals surface area (Å²) in [6.45, 7) is 2.86. The van der Waals surface area contributed by atoms with Crippen molar-refractivity contribution in [3.63, 3.8) is 0 Å². The molecule has 0 radical (unpaired) electrons. The van der Waals surface area contributed by atoms with E-state index in [2.05, 4.69) is 12.2 Å². The van der Waals surface area contributed by atoms with Crippen LogP contribution in [0.2, 0.25) is 0 Å². The molecule has 5 N–H and O–H groups in total. The van der Waals surface area contributed by atoms with Gasteiger partial charge < -0.3 is 20.6 Å². The first-order valence-corrected chi connectivity index (χ1v) is 15.2. The van der Waals surface area contributed by atoms with Crippen molar-refractivity contribution in [3.05, 3.63) is 0 Å². The lowest BCUT2D eigenvalue weighted by Gasteiger charge is -2.30. The Labute approximate surface area is 226 Å². The molecule has 0 heterocycles. The van der Waals surface area contributed by atoms with E-state index in [1.807, 2.05) is 0 Å². The van der Waals surface area contributed by atoms with Crippen LogP contribution in [-0.4, -0.2) is 63.9 Å². The molecule has 2 unspecified atom stereocenters. The number of nitrogens with one attached hydrogen (secondary N) is 1. The Morgan fingerprint density at radius 1 is 0.737 bits per heavy atom. The van der Waals surface area contributed by atoms with Crippen molar-refractivity contribution in [1.29, 1.82) is 0 Å². The largest absolute Gasteiger partial charge is 0.480 e. The van der Waals surface area contributed by atoms with E-state index in [0.29, 0.717) is 6.42 Å². The standard InChI is InChI=1S/C26H47NO10S/c1-3-4-5-6-7-8-9-10-11-12-13-14-15-16-17-20(26(2,24(31)32)25(33)34)19-27-22(28)18-21(23(29)30)38(35,36)37/h20-21H,3-19H2,1-2H3,(H,27,28)(H,29,30)(H,31,32)(H,33,34)(H,35,36,37). The number of unbranched alkanes of at least 4 members (excludes halogenated alkanes) is 13. The summed E-state index contributed by atoms with van der Waals surface area (Å²) < 4.78 is 31.4. The van der Waals surface area contributed by atoms with Crippen molar-refractivity contribution in [2.75, 3.05) is 6.54 Å². The van der Waals surface area contributed by atoms with Crippen LogP contribution in [0.15, 0.2) is 0 Å². The third-order valence-corrected chi connectivity index (χ3v) is 8.25. The molecule has 1 amide bonds. The zero-order valence-electron chi connectivity index (χ0n) is 22.8. The third kappa shape index (κ3) is 14.1. The van der Waals surface area contributed by atoms with Gasteiger partial charge in [0.25, 0.3) is 10.1 Å². The van der Waals surface area contributed by atoms with Crippen molar-refractivity contribution in [1.82, 2.24) is 5.32 Å². The fourth-order valence-electron chi connectivity index (χ4n) is 4.42. The van der Waals surface area contributed by atoms with Crippen molar-refractivity contribution in [2.24, 2.45) is 11.3 Å². The van der Waals surface area contributed by atoms with Crippen LogP contribution < -0.4 is 5.32 Å². The van der Waals surface area contributed by atoms with Gasteiger partial charge in [0.1, 0.15) is 0 Å². The monoisotopic (exact) mass is 565 g/mol. The zero-order chi connectivity index (χ0) is 29.2. The van der Waals surface area contributed by atoms with E-state index in [1.54, 1.807) is 0 Å². The van der Waals surface area contributed by atoms with E-state index in [1.165, 1.54) is 57.8 Å². The van der Waals surface area contributed by atoms with Gasteiger partial charge in [0.05, 0.1) is 6.42 Å².